The molecule has 3 aromatic rings. The van der Waals surface area contributed by atoms with Crippen molar-refractivity contribution in [3.05, 3.63) is 66.0 Å². The highest BCUT2D eigenvalue weighted by Crippen LogP contribution is 2.30. The first kappa shape index (κ1) is 14.5. The zero-order valence-electron chi connectivity index (χ0n) is 12.4. The van der Waals surface area contributed by atoms with E-state index in [2.05, 4.69) is 39.0 Å². The number of halogens is 1. The average Bonchev–Trinajstić information content (AvgIpc) is 3.09. The van der Waals surface area contributed by atoms with E-state index in [1.54, 1.807) is 23.4 Å². The first-order valence-electron chi connectivity index (χ1n) is 6.94. The molecule has 6 heteroatoms. The highest BCUT2D eigenvalue weighted by Gasteiger charge is 2.14. The van der Waals surface area contributed by atoms with E-state index in [4.69, 9.17) is 11.6 Å². The summed E-state index contributed by atoms with van der Waals surface area (Å²) >= 11 is 6.22. The van der Waals surface area contributed by atoms with Gasteiger partial charge in [-0.2, -0.15) is 5.10 Å². The molecule has 3 rings (SSSR count). The third kappa shape index (κ3) is 2.80. The van der Waals surface area contributed by atoms with Gasteiger partial charge in [-0.05, 0) is 30.7 Å². The van der Waals surface area contributed by atoms with Gasteiger partial charge in [0.15, 0.2) is 0 Å². The van der Waals surface area contributed by atoms with Crippen LogP contribution in [-0.2, 0) is 0 Å². The van der Waals surface area contributed by atoms with E-state index in [9.17, 15) is 0 Å². The lowest BCUT2D eigenvalue weighted by Crippen LogP contribution is -2.22. The molecule has 0 spiro atoms. The van der Waals surface area contributed by atoms with Gasteiger partial charge in [-0.25, -0.2) is 9.67 Å². The Morgan fingerprint density at radius 2 is 1.91 bits per heavy atom. The van der Waals surface area contributed by atoms with Crippen molar-refractivity contribution < 1.29 is 0 Å². The third-order valence-corrected chi connectivity index (χ3v) is 4.06. The molecule has 0 radical (unpaired) electrons. The van der Waals surface area contributed by atoms with Crippen LogP contribution in [0.1, 0.15) is 18.5 Å². The first-order chi connectivity index (χ1) is 10.7. The van der Waals surface area contributed by atoms with Crippen molar-refractivity contribution in [1.82, 2.24) is 19.7 Å². The number of hydrogen-bond donors (Lipinski definition) is 0. The Kier molecular flexibility index (Phi) is 4.06. The smallest absolute Gasteiger partial charge is 0.138 e. The molecule has 0 saturated heterocycles. The summed E-state index contributed by atoms with van der Waals surface area (Å²) in [6, 6.07) is 10.3. The number of rotatable bonds is 4. The van der Waals surface area contributed by atoms with Crippen molar-refractivity contribution in [2.24, 2.45) is 0 Å². The van der Waals surface area contributed by atoms with Gasteiger partial charge in [0.2, 0.25) is 0 Å². The van der Waals surface area contributed by atoms with Crippen LogP contribution in [0.4, 0.5) is 5.69 Å². The van der Waals surface area contributed by atoms with Crippen LogP contribution in [0.15, 0.2) is 55.4 Å². The van der Waals surface area contributed by atoms with Crippen LogP contribution in [0.3, 0.4) is 0 Å². The Bertz CT molecular complexity index is 739. The lowest BCUT2D eigenvalue weighted by molar-refractivity contribution is 0.738. The second-order valence-electron chi connectivity index (χ2n) is 5.05. The van der Waals surface area contributed by atoms with Gasteiger partial charge in [0.1, 0.15) is 12.7 Å². The van der Waals surface area contributed by atoms with Crippen LogP contribution in [0.5, 0.6) is 0 Å². The van der Waals surface area contributed by atoms with Gasteiger partial charge in [-0.1, -0.05) is 23.7 Å². The number of nitrogens with zero attached hydrogens (tertiary/aromatic N) is 5. The Morgan fingerprint density at radius 3 is 2.55 bits per heavy atom. The topological polar surface area (TPSA) is 46.8 Å². The predicted molar refractivity (Wildman–Crippen MR) is 87.4 cm³/mol. The molecule has 1 aromatic carbocycles. The van der Waals surface area contributed by atoms with Gasteiger partial charge in [-0.15, -0.1) is 0 Å². The minimum absolute atomic E-state index is 0.185. The van der Waals surface area contributed by atoms with Crippen molar-refractivity contribution in [2.75, 3.05) is 11.9 Å². The molecule has 0 amide bonds. The SMILES string of the molecule is CC(c1ccc(-n2cncn2)cc1)N(C)c1ccncc1Cl. The molecule has 112 valence electrons. The van der Waals surface area contributed by atoms with Crippen molar-refractivity contribution in [3.63, 3.8) is 0 Å². The molecule has 0 aliphatic carbocycles. The van der Waals surface area contributed by atoms with Gasteiger partial charge in [-0.3, -0.25) is 4.98 Å². The van der Waals surface area contributed by atoms with E-state index < -0.39 is 0 Å². The molecule has 0 bridgehead atoms. The van der Waals surface area contributed by atoms with Crippen LogP contribution in [0.25, 0.3) is 5.69 Å². The summed E-state index contributed by atoms with van der Waals surface area (Å²) in [5, 5.41) is 4.78. The zero-order valence-corrected chi connectivity index (χ0v) is 13.1. The lowest BCUT2D eigenvalue weighted by Gasteiger charge is -2.28. The van der Waals surface area contributed by atoms with E-state index in [0.717, 1.165) is 11.4 Å². The molecule has 1 atom stereocenters. The second-order valence-corrected chi connectivity index (χ2v) is 5.45. The van der Waals surface area contributed by atoms with Gasteiger partial charge in [0.05, 0.1) is 22.4 Å². The van der Waals surface area contributed by atoms with Gasteiger partial charge in [0, 0.05) is 19.4 Å². The Morgan fingerprint density at radius 1 is 1.14 bits per heavy atom. The maximum absolute atomic E-state index is 6.22. The molecular formula is C16H16ClN5. The first-order valence-corrected chi connectivity index (χ1v) is 7.32. The number of pyridine rings is 1. The molecule has 22 heavy (non-hydrogen) atoms. The molecular weight excluding hydrogens is 298 g/mol. The summed E-state index contributed by atoms with van der Waals surface area (Å²) in [5.41, 5.74) is 3.14. The molecule has 0 fully saturated rings. The molecule has 1 unspecified atom stereocenters. The molecule has 0 N–H and O–H groups in total. The second kappa shape index (κ2) is 6.15. The van der Waals surface area contributed by atoms with Crippen molar-refractivity contribution in [2.45, 2.75) is 13.0 Å². The van der Waals surface area contributed by atoms with Crippen molar-refractivity contribution in [3.8, 4) is 5.69 Å². The fourth-order valence-electron chi connectivity index (χ4n) is 2.33. The third-order valence-electron chi connectivity index (χ3n) is 3.77. The molecule has 0 aliphatic rings. The normalized spacial score (nSPS) is 12.1. The minimum atomic E-state index is 0.185. The van der Waals surface area contributed by atoms with Crippen molar-refractivity contribution >= 4 is 17.3 Å². The van der Waals surface area contributed by atoms with E-state index in [0.29, 0.717) is 5.02 Å². The van der Waals surface area contributed by atoms with Crippen LogP contribution >= 0.6 is 11.6 Å². The summed E-state index contributed by atoms with van der Waals surface area (Å²) in [7, 11) is 2.03. The fourth-order valence-corrected chi connectivity index (χ4v) is 2.59. The summed E-state index contributed by atoms with van der Waals surface area (Å²) < 4.78 is 1.73. The zero-order chi connectivity index (χ0) is 15.5. The number of anilines is 1. The Balaban J connectivity index is 1.83. The van der Waals surface area contributed by atoms with Crippen molar-refractivity contribution in [1.29, 1.82) is 0 Å². The lowest BCUT2D eigenvalue weighted by atomic mass is 10.1. The highest BCUT2D eigenvalue weighted by atomic mass is 35.5. The highest BCUT2D eigenvalue weighted by molar-refractivity contribution is 6.33. The van der Waals surface area contributed by atoms with E-state index >= 15 is 0 Å². The molecule has 2 heterocycles. The maximum atomic E-state index is 6.22. The average molecular weight is 314 g/mol. The van der Waals surface area contributed by atoms with Crippen LogP contribution < -0.4 is 4.90 Å². The molecule has 2 aromatic heterocycles. The summed E-state index contributed by atoms with van der Waals surface area (Å²) in [6.07, 6.45) is 6.61. The van der Waals surface area contributed by atoms with Gasteiger partial charge in [0.25, 0.3) is 0 Å². The summed E-state index contributed by atoms with van der Waals surface area (Å²) in [6.45, 7) is 2.14. The van der Waals surface area contributed by atoms with Gasteiger partial charge >= 0.3 is 0 Å². The van der Waals surface area contributed by atoms with E-state index in [1.807, 2.05) is 25.2 Å². The van der Waals surface area contributed by atoms with E-state index in [-0.39, 0.29) is 6.04 Å². The Hall–Kier alpha value is -2.40. The fraction of sp³-hybridized carbons (Fsp3) is 0.188. The predicted octanol–water partition coefficient (Wildman–Crippen LogP) is 3.51. The summed E-state index contributed by atoms with van der Waals surface area (Å²) in [5.74, 6) is 0. The largest absolute Gasteiger partial charge is 0.367 e. The molecule has 0 saturated carbocycles. The monoisotopic (exact) mass is 313 g/mol. The number of aromatic nitrogens is 4. The minimum Gasteiger partial charge on any atom is -0.367 e. The number of benzene rings is 1. The quantitative estimate of drug-likeness (QED) is 0.739. The van der Waals surface area contributed by atoms with Crippen LogP contribution in [0, 0.1) is 0 Å². The van der Waals surface area contributed by atoms with Gasteiger partial charge < -0.3 is 4.90 Å². The maximum Gasteiger partial charge on any atom is 0.138 e. The van der Waals surface area contributed by atoms with Crippen LogP contribution in [-0.4, -0.2) is 26.8 Å². The summed E-state index contributed by atoms with van der Waals surface area (Å²) in [4.78, 5) is 10.1. The Labute approximate surface area is 134 Å². The molecule has 5 nitrogen and oxygen atoms in total. The van der Waals surface area contributed by atoms with E-state index in [1.165, 1.54) is 11.9 Å². The number of hydrogen-bond acceptors (Lipinski definition) is 4. The molecule has 0 aliphatic heterocycles. The standard InChI is InChI=1S/C16H16ClN5/c1-12(21(2)16-7-8-18-9-15(16)17)13-3-5-14(6-4-13)22-11-19-10-20-22/h3-12H,1-2H3. The van der Waals surface area contributed by atoms with Crippen LogP contribution in [0.2, 0.25) is 5.02 Å².